The van der Waals surface area contributed by atoms with Gasteiger partial charge >= 0.3 is 11.9 Å². The molecule has 0 radical (unpaired) electrons. The van der Waals surface area contributed by atoms with E-state index in [2.05, 4.69) is 6.92 Å². The lowest BCUT2D eigenvalue weighted by atomic mass is 9.86. The molecule has 0 N–H and O–H groups in total. The molecule has 1 aromatic rings. The number of allylic oxidation sites excluding steroid dienone is 1. The monoisotopic (exact) mass is 426 g/mol. The van der Waals surface area contributed by atoms with Crippen molar-refractivity contribution in [2.24, 2.45) is 0 Å². The van der Waals surface area contributed by atoms with Gasteiger partial charge in [-0.15, -0.1) is 0 Å². The zero-order chi connectivity index (χ0) is 22.5. The molecule has 0 saturated carbocycles. The van der Waals surface area contributed by atoms with E-state index in [4.69, 9.17) is 9.47 Å². The fraction of sp³-hybridized carbons (Fsp3) is 0.500. The summed E-state index contributed by atoms with van der Waals surface area (Å²) in [5.74, 6) is -1.47. The summed E-state index contributed by atoms with van der Waals surface area (Å²) >= 11 is 0. The predicted octanol–water partition coefficient (Wildman–Crippen LogP) is 5.74. The molecule has 168 valence electrons. The van der Waals surface area contributed by atoms with Crippen molar-refractivity contribution in [3.63, 3.8) is 0 Å². The first kappa shape index (κ1) is 24.6. The van der Waals surface area contributed by atoms with E-state index >= 15 is 0 Å². The van der Waals surface area contributed by atoms with Crippen LogP contribution in [0.15, 0.2) is 54.1 Å². The van der Waals surface area contributed by atoms with Gasteiger partial charge in [0, 0.05) is 17.7 Å². The summed E-state index contributed by atoms with van der Waals surface area (Å²) in [6.07, 6.45) is 13.6. The van der Waals surface area contributed by atoms with Crippen LogP contribution in [0.25, 0.3) is 0 Å². The van der Waals surface area contributed by atoms with Gasteiger partial charge in [-0.3, -0.25) is 4.79 Å². The second-order valence-corrected chi connectivity index (χ2v) is 7.88. The maximum atomic E-state index is 12.8. The molecule has 1 aliphatic rings. The number of carbonyl (C=O) groups is 3. The average Bonchev–Trinajstić information content (AvgIpc) is 3.16. The lowest BCUT2D eigenvalue weighted by Gasteiger charge is -2.28. The van der Waals surface area contributed by atoms with Gasteiger partial charge in [0.25, 0.3) is 0 Å². The van der Waals surface area contributed by atoms with Crippen molar-refractivity contribution >= 4 is 17.7 Å². The van der Waals surface area contributed by atoms with Crippen molar-refractivity contribution in [1.29, 1.82) is 0 Å². The van der Waals surface area contributed by atoms with E-state index in [0.717, 1.165) is 19.3 Å². The molecule has 1 heterocycles. The zero-order valence-corrected chi connectivity index (χ0v) is 18.7. The molecule has 2 rings (SSSR count). The first-order valence-electron chi connectivity index (χ1n) is 11.4. The molecule has 0 fully saturated rings. The molecule has 0 spiro atoms. The van der Waals surface area contributed by atoms with Gasteiger partial charge in [-0.05, 0) is 25.8 Å². The van der Waals surface area contributed by atoms with E-state index in [-0.39, 0.29) is 18.0 Å². The van der Waals surface area contributed by atoms with Crippen LogP contribution in [0.4, 0.5) is 0 Å². The molecule has 1 unspecified atom stereocenters. The van der Waals surface area contributed by atoms with E-state index in [9.17, 15) is 14.4 Å². The largest absolute Gasteiger partial charge is 0.463 e. The van der Waals surface area contributed by atoms with Gasteiger partial charge in [-0.25, -0.2) is 9.59 Å². The minimum atomic E-state index is -1.25. The number of ether oxygens (including phenoxy) is 2. The molecule has 0 aromatic heterocycles. The number of ketones is 1. The van der Waals surface area contributed by atoms with Crippen molar-refractivity contribution in [2.45, 2.75) is 77.2 Å². The molecule has 1 atom stereocenters. The second-order valence-electron chi connectivity index (χ2n) is 7.88. The first-order chi connectivity index (χ1) is 15.0. The minimum Gasteiger partial charge on any atom is -0.463 e. The van der Waals surface area contributed by atoms with Crippen LogP contribution < -0.4 is 0 Å². The summed E-state index contributed by atoms with van der Waals surface area (Å²) in [5, 5.41) is 0. The Morgan fingerprint density at radius 3 is 2.19 bits per heavy atom. The summed E-state index contributed by atoms with van der Waals surface area (Å²) in [7, 11) is 0. The van der Waals surface area contributed by atoms with Gasteiger partial charge in [-0.1, -0.05) is 82.2 Å². The minimum absolute atomic E-state index is 0.0771. The Hall–Kier alpha value is -2.69. The number of cyclic esters (lactones) is 1. The van der Waals surface area contributed by atoms with Crippen LogP contribution >= 0.6 is 0 Å². The van der Waals surface area contributed by atoms with Crippen molar-refractivity contribution in [3.05, 3.63) is 59.7 Å². The van der Waals surface area contributed by atoms with Crippen LogP contribution in [-0.2, 0) is 19.1 Å². The van der Waals surface area contributed by atoms with Crippen molar-refractivity contribution in [3.8, 4) is 0 Å². The van der Waals surface area contributed by atoms with Gasteiger partial charge in [0.15, 0.2) is 11.4 Å². The predicted molar refractivity (Wildman–Crippen MR) is 121 cm³/mol. The number of benzene rings is 1. The molecule has 1 aliphatic heterocycles. The molecule has 0 amide bonds. The fourth-order valence-corrected chi connectivity index (χ4v) is 3.77. The van der Waals surface area contributed by atoms with E-state index in [1.54, 1.807) is 37.3 Å². The normalized spacial score (nSPS) is 18.1. The molecule has 0 saturated heterocycles. The third-order valence-corrected chi connectivity index (χ3v) is 5.46. The van der Waals surface area contributed by atoms with E-state index in [0.29, 0.717) is 12.0 Å². The molecule has 1 aromatic carbocycles. The quantitative estimate of drug-likeness (QED) is 0.164. The van der Waals surface area contributed by atoms with Crippen molar-refractivity contribution in [2.75, 3.05) is 6.61 Å². The molecule has 31 heavy (non-hydrogen) atoms. The molecular formula is C26H34O5. The Kier molecular flexibility index (Phi) is 10.2. The Balaban J connectivity index is 2.15. The van der Waals surface area contributed by atoms with Crippen LogP contribution in [-0.4, -0.2) is 29.9 Å². The average molecular weight is 427 g/mol. The van der Waals surface area contributed by atoms with E-state index < -0.39 is 17.5 Å². The number of rotatable bonds is 14. The van der Waals surface area contributed by atoms with E-state index in [1.165, 1.54) is 44.3 Å². The van der Waals surface area contributed by atoms with Crippen molar-refractivity contribution in [1.82, 2.24) is 0 Å². The fourth-order valence-electron chi connectivity index (χ4n) is 3.77. The van der Waals surface area contributed by atoms with Gasteiger partial charge < -0.3 is 9.47 Å². The van der Waals surface area contributed by atoms with Gasteiger partial charge in [0.05, 0.1) is 12.2 Å². The summed E-state index contributed by atoms with van der Waals surface area (Å²) in [4.78, 5) is 37.5. The summed E-state index contributed by atoms with van der Waals surface area (Å²) in [6, 6.07) is 8.71. The lowest BCUT2D eigenvalue weighted by molar-refractivity contribution is -0.148. The second kappa shape index (κ2) is 12.9. The lowest BCUT2D eigenvalue weighted by Crippen LogP contribution is -2.36. The number of hydrogen-bond donors (Lipinski definition) is 0. The van der Waals surface area contributed by atoms with Gasteiger partial charge in [0.1, 0.15) is 0 Å². The summed E-state index contributed by atoms with van der Waals surface area (Å²) in [6.45, 7) is 4.07. The van der Waals surface area contributed by atoms with Crippen LogP contribution in [0, 0.1) is 0 Å². The highest BCUT2D eigenvalue weighted by Gasteiger charge is 2.43. The third kappa shape index (κ3) is 7.50. The van der Waals surface area contributed by atoms with Crippen LogP contribution in [0.1, 0.15) is 82.0 Å². The zero-order valence-electron chi connectivity index (χ0n) is 18.7. The summed E-state index contributed by atoms with van der Waals surface area (Å²) < 4.78 is 10.8. The van der Waals surface area contributed by atoms with Crippen LogP contribution in [0.2, 0.25) is 0 Å². The Morgan fingerprint density at radius 2 is 1.61 bits per heavy atom. The maximum Gasteiger partial charge on any atom is 0.338 e. The standard InChI is InChI=1S/C26H34O5/c1-3-5-6-7-8-9-10-14-18-26(19-17-24(28)31-26)22(25(29)30-4-2)20-23(27)21-15-12-11-13-16-21/h11-13,15-17,19-20H,3-10,14,18H2,1-2H3/b22-20+. The smallest absolute Gasteiger partial charge is 0.338 e. The highest BCUT2D eigenvalue weighted by atomic mass is 16.6. The topological polar surface area (TPSA) is 69.7 Å². The molecule has 0 bridgehead atoms. The Labute approximate surface area is 185 Å². The number of esters is 2. The van der Waals surface area contributed by atoms with Crippen molar-refractivity contribution < 1.29 is 23.9 Å². The first-order valence-corrected chi connectivity index (χ1v) is 11.4. The van der Waals surface area contributed by atoms with Gasteiger partial charge in [-0.2, -0.15) is 0 Å². The highest BCUT2D eigenvalue weighted by molar-refractivity contribution is 6.10. The summed E-state index contributed by atoms with van der Waals surface area (Å²) in [5.41, 5.74) is -0.719. The highest BCUT2D eigenvalue weighted by Crippen LogP contribution is 2.35. The molecular weight excluding hydrogens is 392 g/mol. The Bertz CT molecular complexity index is 793. The molecule has 0 aliphatic carbocycles. The maximum absolute atomic E-state index is 12.8. The van der Waals surface area contributed by atoms with Crippen LogP contribution in [0.5, 0.6) is 0 Å². The number of unbranched alkanes of at least 4 members (excludes halogenated alkanes) is 7. The molecule has 5 nitrogen and oxygen atoms in total. The van der Waals surface area contributed by atoms with E-state index in [1.807, 2.05) is 6.07 Å². The molecule has 5 heteroatoms. The number of carbonyl (C=O) groups excluding carboxylic acids is 3. The Morgan fingerprint density at radius 1 is 0.968 bits per heavy atom. The van der Waals surface area contributed by atoms with Gasteiger partial charge in [0.2, 0.25) is 0 Å². The van der Waals surface area contributed by atoms with Crippen LogP contribution in [0.3, 0.4) is 0 Å². The third-order valence-electron chi connectivity index (χ3n) is 5.46. The SMILES string of the molecule is CCCCCCCCCCC1(/C(=C/C(=O)c2ccccc2)C(=O)OCC)C=CC(=O)O1. The number of hydrogen-bond acceptors (Lipinski definition) is 5.